The van der Waals surface area contributed by atoms with Crippen molar-refractivity contribution in [3.8, 4) is 0 Å². The fourth-order valence-corrected chi connectivity index (χ4v) is 13.6. The van der Waals surface area contributed by atoms with E-state index in [0.29, 0.717) is 23.8 Å². The SMILES string of the molecule is c1ccc2sc3c(c2c#1)C=CC1C2=CC=CCC2N(C2NC=C(C4=CC=C(C5=CC=CCC5)C(C5C=CCCC5)C4)CC2C2N=C(C4=CCCC=C4)NC(C4C=CCCC4)=N2)C31. The summed E-state index contributed by atoms with van der Waals surface area (Å²) in [7, 11) is 0. The van der Waals surface area contributed by atoms with Gasteiger partial charge < -0.3 is 10.6 Å². The molecule has 0 amide bonds. The largest absolute Gasteiger partial charge is 0.375 e. The topological polar surface area (TPSA) is 52.0 Å². The summed E-state index contributed by atoms with van der Waals surface area (Å²) in [5.74, 6) is 3.85. The lowest BCUT2D eigenvalue weighted by Gasteiger charge is -2.46. The maximum atomic E-state index is 5.74. The second-order valence-corrected chi connectivity index (χ2v) is 20.0. The molecule has 5 nitrogen and oxygen atoms in total. The van der Waals surface area contributed by atoms with Gasteiger partial charge in [-0.3, -0.25) is 4.90 Å². The first-order valence-electron chi connectivity index (χ1n) is 23.8. The van der Waals surface area contributed by atoms with Gasteiger partial charge >= 0.3 is 0 Å². The predicted molar refractivity (Wildman–Crippen MR) is 257 cm³/mol. The zero-order chi connectivity index (χ0) is 41.0. The molecule has 62 heavy (non-hydrogen) atoms. The van der Waals surface area contributed by atoms with Gasteiger partial charge in [0.2, 0.25) is 0 Å². The third kappa shape index (κ3) is 6.88. The normalized spacial score (nSPS) is 33.6. The number of fused-ring (bicyclic) bond motifs is 7. The van der Waals surface area contributed by atoms with Crippen LogP contribution in [0.3, 0.4) is 0 Å². The van der Waals surface area contributed by atoms with Crippen molar-refractivity contribution in [2.45, 2.75) is 108 Å². The number of thiophene rings is 1. The average Bonchev–Trinajstić information content (AvgIpc) is 3.91. The van der Waals surface area contributed by atoms with E-state index in [1.165, 1.54) is 74.1 Å². The monoisotopic (exact) mass is 831 g/mol. The first-order chi connectivity index (χ1) is 30.7. The Hall–Kier alpha value is -5.22. The Morgan fingerprint density at radius 1 is 0.806 bits per heavy atom. The van der Waals surface area contributed by atoms with E-state index in [2.05, 4.69) is 143 Å². The maximum Gasteiger partial charge on any atom is 0.150 e. The van der Waals surface area contributed by atoms with Gasteiger partial charge in [0.05, 0.1) is 17.6 Å². The average molecular weight is 832 g/mol. The smallest absolute Gasteiger partial charge is 0.150 e. The number of aliphatic imine (C=N–C) groups is 2. The third-order valence-electron chi connectivity index (χ3n) is 15.4. The minimum absolute atomic E-state index is 0.0242. The molecule has 312 valence electrons. The van der Waals surface area contributed by atoms with Crippen molar-refractivity contribution in [3.63, 3.8) is 0 Å². The van der Waals surface area contributed by atoms with E-state index in [1.807, 2.05) is 17.4 Å². The zero-order valence-corrected chi connectivity index (χ0v) is 36.5. The van der Waals surface area contributed by atoms with Crippen molar-refractivity contribution in [1.29, 1.82) is 0 Å². The van der Waals surface area contributed by atoms with E-state index in [9.17, 15) is 0 Å². The Morgan fingerprint density at radius 3 is 2.60 bits per heavy atom. The van der Waals surface area contributed by atoms with Crippen LogP contribution >= 0.6 is 11.3 Å². The van der Waals surface area contributed by atoms with Gasteiger partial charge in [0.15, 0.2) is 0 Å². The number of likely N-dealkylation sites (tertiary alicyclic amines) is 1. The van der Waals surface area contributed by atoms with E-state index < -0.39 is 0 Å². The van der Waals surface area contributed by atoms with E-state index in [0.717, 1.165) is 69.5 Å². The summed E-state index contributed by atoms with van der Waals surface area (Å²) in [5, 5.41) is 9.26. The molecule has 2 N–H and O–H groups in total. The highest BCUT2D eigenvalue weighted by molar-refractivity contribution is 7.19. The molecule has 3 aliphatic heterocycles. The highest BCUT2D eigenvalue weighted by Gasteiger charge is 2.53. The molecule has 1 aromatic carbocycles. The van der Waals surface area contributed by atoms with Crippen LogP contribution in [0.5, 0.6) is 0 Å². The fraction of sp³-hybridized carbons (Fsp3) is 0.393. The molecule has 0 radical (unpaired) electrons. The molecule has 1 saturated heterocycles. The molecule has 10 aliphatic rings. The third-order valence-corrected chi connectivity index (χ3v) is 16.6. The molecule has 4 heterocycles. The van der Waals surface area contributed by atoms with Crippen molar-refractivity contribution in [3.05, 3.63) is 172 Å². The second-order valence-electron chi connectivity index (χ2n) is 18.9. The van der Waals surface area contributed by atoms with Crippen molar-refractivity contribution in [2.75, 3.05) is 0 Å². The number of hydrogen-bond donors (Lipinski definition) is 2. The lowest BCUT2D eigenvalue weighted by molar-refractivity contribution is 0.0554. The maximum absolute atomic E-state index is 5.74. The molecule has 7 aliphatic carbocycles. The second kappa shape index (κ2) is 16.5. The number of hydrogen-bond acceptors (Lipinski definition) is 6. The minimum atomic E-state index is -0.241. The van der Waals surface area contributed by atoms with Crippen LogP contribution in [-0.2, 0) is 0 Å². The molecular formula is C56H57N5S. The molecule has 9 atom stereocenters. The number of rotatable bonds is 7. The summed E-state index contributed by atoms with van der Waals surface area (Å²) >= 11 is 1.96. The van der Waals surface area contributed by atoms with Crippen LogP contribution in [0, 0.1) is 41.7 Å². The first kappa shape index (κ1) is 38.5. The van der Waals surface area contributed by atoms with E-state index in [4.69, 9.17) is 9.98 Å². The van der Waals surface area contributed by atoms with E-state index in [1.54, 1.807) is 5.57 Å². The quantitative estimate of drug-likeness (QED) is 0.273. The Bertz CT molecular complexity index is 2590. The summed E-state index contributed by atoms with van der Waals surface area (Å²) < 4.78 is 1.30. The predicted octanol–water partition coefficient (Wildman–Crippen LogP) is 12.4. The fourth-order valence-electron chi connectivity index (χ4n) is 12.3. The molecule has 0 bridgehead atoms. The molecule has 0 saturated carbocycles. The number of nitrogens with one attached hydrogen (secondary N) is 2. The van der Waals surface area contributed by atoms with Crippen molar-refractivity contribution >= 4 is 39.2 Å². The molecule has 6 heteroatoms. The van der Waals surface area contributed by atoms with Gasteiger partial charge in [-0.2, -0.15) is 0 Å². The Kier molecular flexibility index (Phi) is 10.2. The van der Waals surface area contributed by atoms with Crippen LogP contribution in [-0.4, -0.2) is 34.9 Å². The molecule has 9 unspecified atom stereocenters. The summed E-state index contributed by atoms with van der Waals surface area (Å²) in [6.07, 6.45) is 57.6. The van der Waals surface area contributed by atoms with Crippen LogP contribution in [0.15, 0.2) is 159 Å². The van der Waals surface area contributed by atoms with Crippen molar-refractivity contribution in [1.82, 2.24) is 15.5 Å². The lowest BCUT2D eigenvalue weighted by Crippen LogP contribution is -2.57. The van der Waals surface area contributed by atoms with E-state index >= 15 is 0 Å². The van der Waals surface area contributed by atoms with Crippen LogP contribution < -0.4 is 10.6 Å². The highest BCUT2D eigenvalue weighted by atomic mass is 32.1. The van der Waals surface area contributed by atoms with Gasteiger partial charge in [-0.15, -0.1) is 11.3 Å². The number of nitrogens with zero attached hydrogens (tertiary/aromatic N) is 3. The molecule has 0 spiro atoms. The first-order valence-corrected chi connectivity index (χ1v) is 24.6. The van der Waals surface area contributed by atoms with Gasteiger partial charge in [-0.1, -0.05) is 115 Å². The Labute approximate surface area is 372 Å². The van der Waals surface area contributed by atoms with Gasteiger partial charge in [0.1, 0.15) is 17.8 Å². The standard InChI is InChI=1S/C56H57N5S/c1-5-17-36(18-6-1)42-30-29-40(33-47(42)37-19-7-2-8-20-37)41-34-48(55-59-53(38-21-9-3-10-22-38)58-54(60-55)39-23-11-4-12-24-39)56(57-35-41)61-49-27-15-13-25-43(49)45-31-32-46-44-26-14-16-28-50(44)62-52(46)51(45)61/h1,5,7,9,11,13,15-17,19,21-23,25,28-32,35,37,39,45,47-49,51,55-57H,2-4,6,8,10,12,18,20,24,27,33-34H2,(H,58,59,60). The number of allylic oxidation sites excluding steroid dienone is 16. The lowest BCUT2D eigenvalue weighted by atomic mass is 9.70. The van der Waals surface area contributed by atoms with Crippen molar-refractivity contribution < 1.29 is 0 Å². The van der Waals surface area contributed by atoms with Crippen molar-refractivity contribution in [2.24, 2.45) is 39.6 Å². The van der Waals surface area contributed by atoms with Crippen LogP contribution in [0.1, 0.15) is 100.0 Å². The summed E-state index contributed by atoms with van der Waals surface area (Å²) in [4.78, 5) is 15.8. The van der Waals surface area contributed by atoms with Crippen LogP contribution in [0.25, 0.3) is 16.2 Å². The highest BCUT2D eigenvalue weighted by Crippen LogP contribution is 2.56. The molecule has 1 fully saturated rings. The van der Waals surface area contributed by atoms with Gasteiger partial charge in [0.25, 0.3) is 0 Å². The molecule has 12 rings (SSSR count). The molecule has 2 aromatic rings. The zero-order valence-electron chi connectivity index (χ0n) is 35.7. The van der Waals surface area contributed by atoms with Gasteiger partial charge in [-0.25, -0.2) is 9.98 Å². The van der Waals surface area contributed by atoms with Gasteiger partial charge in [-0.05, 0) is 135 Å². The Balaban J connectivity index is 0.985. The summed E-state index contributed by atoms with van der Waals surface area (Å²) in [6, 6.07) is 11.5. The summed E-state index contributed by atoms with van der Waals surface area (Å²) in [5.41, 5.74) is 10.1. The van der Waals surface area contributed by atoms with E-state index in [-0.39, 0.29) is 30.2 Å². The van der Waals surface area contributed by atoms with Crippen LogP contribution in [0.2, 0.25) is 0 Å². The number of amidine groups is 2. The Morgan fingerprint density at radius 2 is 1.74 bits per heavy atom. The minimum Gasteiger partial charge on any atom is -0.375 e. The van der Waals surface area contributed by atoms with Gasteiger partial charge in [0, 0.05) is 50.7 Å². The summed E-state index contributed by atoms with van der Waals surface area (Å²) in [6.45, 7) is 0. The molecular weight excluding hydrogens is 775 g/mol. The molecule has 1 aromatic heterocycles. The van der Waals surface area contributed by atoms with Crippen LogP contribution in [0.4, 0.5) is 0 Å².